The van der Waals surface area contributed by atoms with Gasteiger partial charge in [-0.3, -0.25) is 4.68 Å². The lowest BCUT2D eigenvalue weighted by molar-refractivity contribution is -0.140. The van der Waals surface area contributed by atoms with Crippen molar-refractivity contribution in [3.63, 3.8) is 0 Å². The van der Waals surface area contributed by atoms with Crippen LogP contribution in [0, 0.1) is 5.92 Å². The molecule has 7 nitrogen and oxygen atoms in total. The van der Waals surface area contributed by atoms with E-state index in [4.69, 9.17) is 5.11 Å². The molecule has 0 radical (unpaired) electrons. The molecule has 0 aliphatic heterocycles. The predicted molar refractivity (Wildman–Crippen MR) is 69.6 cm³/mol. The highest BCUT2D eigenvalue weighted by Crippen LogP contribution is 2.01. The Morgan fingerprint density at radius 3 is 2.47 bits per heavy atom. The van der Waals surface area contributed by atoms with Gasteiger partial charge < -0.3 is 15.7 Å². The first kappa shape index (κ1) is 15.0. The number of nitrogens with zero attached hydrogens (tertiary/aromatic N) is 2. The number of carbonyl (C=O) groups is 2. The molecule has 1 aromatic heterocycles. The quantitative estimate of drug-likeness (QED) is 0.707. The lowest BCUT2D eigenvalue weighted by Gasteiger charge is -2.20. The fourth-order valence-corrected chi connectivity index (χ4v) is 1.65. The Balaban J connectivity index is 2.43. The summed E-state index contributed by atoms with van der Waals surface area (Å²) in [7, 11) is 0. The fraction of sp³-hybridized carbons (Fsp3) is 0.583. The molecule has 0 spiro atoms. The minimum absolute atomic E-state index is 0.151. The standard InChI is InChI=1S/C12H20N4O3/c1-8(2)10(11(17)18)15-12(19)14-9(3)7-16-6-4-5-13-16/h4-6,8-10H,7H2,1-3H3,(H,17,18)(H2,14,15,19). The van der Waals surface area contributed by atoms with Gasteiger partial charge in [-0.05, 0) is 18.9 Å². The van der Waals surface area contributed by atoms with Crippen molar-refractivity contribution in [2.24, 2.45) is 5.92 Å². The normalized spacial score (nSPS) is 13.9. The zero-order valence-electron chi connectivity index (χ0n) is 11.3. The monoisotopic (exact) mass is 268 g/mol. The molecule has 19 heavy (non-hydrogen) atoms. The molecule has 0 saturated carbocycles. The minimum Gasteiger partial charge on any atom is -0.480 e. The van der Waals surface area contributed by atoms with Gasteiger partial charge in [0.2, 0.25) is 0 Å². The Bertz CT molecular complexity index is 417. The van der Waals surface area contributed by atoms with Crippen LogP contribution in [0.25, 0.3) is 0 Å². The van der Waals surface area contributed by atoms with Gasteiger partial charge in [0.1, 0.15) is 6.04 Å². The van der Waals surface area contributed by atoms with E-state index in [1.165, 1.54) is 0 Å². The number of carboxylic acids is 1. The van der Waals surface area contributed by atoms with Crippen LogP contribution in [-0.2, 0) is 11.3 Å². The van der Waals surface area contributed by atoms with Gasteiger partial charge >= 0.3 is 12.0 Å². The van der Waals surface area contributed by atoms with Crippen molar-refractivity contribution >= 4 is 12.0 Å². The number of hydrogen-bond acceptors (Lipinski definition) is 3. The van der Waals surface area contributed by atoms with Crippen LogP contribution in [0.2, 0.25) is 0 Å². The molecule has 1 aromatic rings. The summed E-state index contributed by atoms with van der Waals surface area (Å²) in [6.45, 7) is 5.84. The summed E-state index contributed by atoms with van der Waals surface area (Å²) in [5.74, 6) is -1.21. The number of aromatic nitrogens is 2. The number of hydrogen-bond donors (Lipinski definition) is 3. The van der Waals surface area contributed by atoms with E-state index in [9.17, 15) is 9.59 Å². The van der Waals surface area contributed by atoms with E-state index in [0.29, 0.717) is 6.54 Å². The van der Waals surface area contributed by atoms with Crippen LogP contribution in [0.3, 0.4) is 0 Å². The van der Waals surface area contributed by atoms with Crippen molar-refractivity contribution in [1.29, 1.82) is 0 Å². The van der Waals surface area contributed by atoms with E-state index < -0.39 is 18.0 Å². The van der Waals surface area contributed by atoms with Gasteiger partial charge in [0, 0.05) is 18.4 Å². The highest BCUT2D eigenvalue weighted by Gasteiger charge is 2.23. The molecule has 2 unspecified atom stereocenters. The van der Waals surface area contributed by atoms with Crippen molar-refractivity contribution in [2.75, 3.05) is 0 Å². The van der Waals surface area contributed by atoms with Gasteiger partial charge in [-0.15, -0.1) is 0 Å². The average molecular weight is 268 g/mol. The second-order valence-corrected chi connectivity index (χ2v) is 4.81. The zero-order chi connectivity index (χ0) is 14.4. The highest BCUT2D eigenvalue weighted by atomic mass is 16.4. The second-order valence-electron chi connectivity index (χ2n) is 4.81. The Labute approximate surface area is 112 Å². The fourth-order valence-electron chi connectivity index (χ4n) is 1.65. The lowest BCUT2D eigenvalue weighted by Crippen LogP contribution is -2.51. The molecule has 0 aliphatic rings. The maximum atomic E-state index is 11.7. The zero-order valence-corrected chi connectivity index (χ0v) is 11.3. The summed E-state index contributed by atoms with van der Waals surface area (Å²) in [6, 6.07) is 0.269. The number of aliphatic carboxylic acids is 1. The topological polar surface area (TPSA) is 96.3 Å². The summed E-state index contributed by atoms with van der Waals surface area (Å²) in [4.78, 5) is 22.6. The van der Waals surface area contributed by atoms with Gasteiger partial charge in [-0.1, -0.05) is 13.8 Å². The van der Waals surface area contributed by atoms with Gasteiger partial charge in [-0.2, -0.15) is 5.10 Å². The van der Waals surface area contributed by atoms with Crippen molar-refractivity contribution in [2.45, 2.75) is 39.4 Å². The van der Waals surface area contributed by atoms with Crippen molar-refractivity contribution in [3.8, 4) is 0 Å². The first-order valence-electron chi connectivity index (χ1n) is 6.17. The van der Waals surface area contributed by atoms with Crippen molar-refractivity contribution < 1.29 is 14.7 Å². The molecule has 1 rings (SSSR count). The molecule has 0 fully saturated rings. The third-order valence-corrected chi connectivity index (χ3v) is 2.62. The first-order valence-corrected chi connectivity index (χ1v) is 6.17. The van der Waals surface area contributed by atoms with E-state index >= 15 is 0 Å². The Morgan fingerprint density at radius 2 is 2.00 bits per heavy atom. The Hall–Kier alpha value is -2.05. The van der Waals surface area contributed by atoms with Crippen LogP contribution in [0.5, 0.6) is 0 Å². The number of nitrogens with one attached hydrogen (secondary N) is 2. The molecule has 1 heterocycles. The molecule has 2 atom stereocenters. The lowest BCUT2D eigenvalue weighted by atomic mass is 10.1. The average Bonchev–Trinajstić information content (AvgIpc) is 2.77. The largest absolute Gasteiger partial charge is 0.480 e. The van der Waals surface area contributed by atoms with Crippen LogP contribution in [-0.4, -0.2) is 39.0 Å². The maximum absolute atomic E-state index is 11.7. The van der Waals surface area contributed by atoms with E-state index in [-0.39, 0.29) is 12.0 Å². The van der Waals surface area contributed by atoms with Crippen molar-refractivity contribution in [3.05, 3.63) is 18.5 Å². The van der Waals surface area contributed by atoms with Crippen LogP contribution >= 0.6 is 0 Å². The second kappa shape index (κ2) is 6.77. The maximum Gasteiger partial charge on any atom is 0.326 e. The van der Waals surface area contributed by atoms with E-state index in [0.717, 1.165) is 0 Å². The number of amides is 2. The Morgan fingerprint density at radius 1 is 1.32 bits per heavy atom. The summed E-state index contributed by atoms with van der Waals surface area (Å²) < 4.78 is 1.70. The third kappa shape index (κ3) is 4.99. The molecule has 0 aromatic carbocycles. The number of carbonyl (C=O) groups excluding carboxylic acids is 1. The van der Waals surface area contributed by atoms with E-state index in [2.05, 4.69) is 15.7 Å². The van der Waals surface area contributed by atoms with Gasteiger partial charge in [0.05, 0.1) is 6.54 Å². The van der Waals surface area contributed by atoms with E-state index in [1.54, 1.807) is 37.0 Å². The minimum atomic E-state index is -1.04. The number of carboxylic acid groups (broad SMARTS) is 1. The molecule has 0 saturated heterocycles. The SMILES string of the molecule is CC(Cn1cccn1)NC(=O)NC(C(=O)O)C(C)C. The molecule has 106 valence electrons. The molecule has 0 bridgehead atoms. The molecule has 2 amide bonds. The summed E-state index contributed by atoms with van der Waals surface area (Å²) in [5, 5.41) is 18.1. The molecule has 0 aliphatic carbocycles. The first-order chi connectivity index (χ1) is 8.90. The van der Waals surface area contributed by atoms with Crippen LogP contribution in [0.4, 0.5) is 4.79 Å². The van der Waals surface area contributed by atoms with Gasteiger partial charge in [-0.25, -0.2) is 9.59 Å². The van der Waals surface area contributed by atoms with Crippen molar-refractivity contribution in [1.82, 2.24) is 20.4 Å². The van der Waals surface area contributed by atoms with Gasteiger partial charge in [0.25, 0.3) is 0 Å². The molecular formula is C12H20N4O3. The molecule has 7 heteroatoms. The number of rotatable bonds is 6. The molecular weight excluding hydrogens is 248 g/mol. The van der Waals surface area contributed by atoms with Crippen LogP contribution in [0.1, 0.15) is 20.8 Å². The molecule has 3 N–H and O–H groups in total. The highest BCUT2D eigenvalue weighted by molar-refractivity contribution is 5.82. The summed E-state index contributed by atoms with van der Waals surface area (Å²) >= 11 is 0. The van der Waals surface area contributed by atoms with E-state index in [1.807, 2.05) is 6.92 Å². The van der Waals surface area contributed by atoms with Gasteiger partial charge in [0.15, 0.2) is 0 Å². The number of urea groups is 1. The van der Waals surface area contributed by atoms with Crippen LogP contribution in [0.15, 0.2) is 18.5 Å². The Kier molecular flexibility index (Phi) is 5.35. The van der Waals surface area contributed by atoms with Crippen LogP contribution < -0.4 is 10.6 Å². The predicted octanol–water partition coefficient (Wildman–Crippen LogP) is 0.680. The summed E-state index contributed by atoms with van der Waals surface area (Å²) in [6.07, 6.45) is 3.45. The third-order valence-electron chi connectivity index (χ3n) is 2.62. The summed E-state index contributed by atoms with van der Waals surface area (Å²) in [5.41, 5.74) is 0. The smallest absolute Gasteiger partial charge is 0.326 e.